The van der Waals surface area contributed by atoms with Crippen LogP contribution in [0.25, 0.3) is 60.5 Å². The lowest BCUT2D eigenvalue weighted by Crippen LogP contribution is -2.14. The van der Waals surface area contributed by atoms with Gasteiger partial charge in [-0.25, -0.2) is 0 Å². The highest BCUT2D eigenvalue weighted by atomic mass is 15.1. The van der Waals surface area contributed by atoms with Crippen LogP contribution < -0.4 is 4.90 Å². The number of anilines is 3. The maximum absolute atomic E-state index is 2.40. The molecule has 0 atom stereocenters. The van der Waals surface area contributed by atoms with Crippen molar-refractivity contribution in [3.05, 3.63) is 194 Å². The number of fused-ring (bicyclic) bond motifs is 4. The predicted octanol–water partition coefficient (Wildman–Crippen LogP) is 14.0. The van der Waals surface area contributed by atoms with Crippen molar-refractivity contribution >= 4 is 49.6 Å². The first-order valence-corrected chi connectivity index (χ1v) is 18.1. The molecule has 8 aromatic carbocycles. The lowest BCUT2D eigenvalue weighted by Gasteiger charge is -2.28. The van der Waals surface area contributed by atoms with E-state index in [0.29, 0.717) is 0 Å². The first kappa shape index (κ1) is 31.6. The Balaban J connectivity index is 1.20. The van der Waals surface area contributed by atoms with Gasteiger partial charge in [0.05, 0.1) is 11.0 Å². The third kappa shape index (κ3) is 5.54. The van der Waals surface area contributed by atoms with Gasteiger partial charge in [0.1, 0.15) is 0 Å². The maximum Gasteiger partial charge on any atom is 0.0541 e. The SMILES string of the molecule is CC(C)(C)c1cccc(N(c2ccc(-c3cccc4cccc(-c5ccccc5)c34)cc2)c2cccc(-n3c4ccccc4c4ccccc43)c2)c1. The average molecular weight is 669 g/mol. The third-order valence-corrected chi connectivity index (χ3v) is 10.3. The lowest BCUT2D eigenvalue weighted by atomic mass is 9.87. The normalized spacial score (nSPS) is 11.8. The minimum atomic E-state index is 0.0151. The zero-order chi connectivity index (χ0) is 35.2. The highest BCUT2D eigenvalue weighted by molar-refractivity contribution is 6.09. The molecule has 1 heterocycles. The van der Waals surface area contributed by atoms with Gasteiger partial charge in [-0.3, -0.25) is 0 Å². The van der Waals surface area contributed by atoms with Gasteiger partial charge < -0.3 is 9.47 Å². The number of nitrogens with zero attached hydrogens (tertiary/aromatic N) is 2. The molecule has 52 heavy (non-hydrogen) atoms. The summed E-state index contributed by atoms with van der Waals surface area (Å²) in [4.78, 5) is 2.40. The second-order valence-electron chi connectivity index (χ2n) is 14.6. The Bertz CT molecular complexity index is 2650. The molecule has 0 spiro atoms. The molecule has 0 N–H and O–H groups in total. The molecule has 2 heteroatoms. The molecule has 0 aliphatic carbocycles. The molecule has 2 nitrogen and oxygen atoms in total. The van der Waals surface area contributed by atoms with Crippen LogP contribution in [0, 0.1) is 0 Å². The Morgan fingerprint density at radius 1 is 0.423 bits per heavy atom. The number of hydrogen-bond donors (Lipinski definition) is 0. The van der Waals surface area contributed by atoms with Gasteiger partial charge in [-0.2, -0.15) is 0 Å². The van der Waals surface area contributed by atoms with Gasteiger partial charge in [0.2, 0.25) is 0 Å². The van der Waals surface area contributed by atoms with Crippen LogP contribution in [0.2, 0.25) is 0 Å². The quantitative estimate of drug-likeness (QED) is 0.171. The minimum Gasteiger partial charge on any atom is -0.310 e. The van der Waals surface area contributed by atoms with E-state index in [9.17, 15) is 0 Å². The van der Waals surface area contributed by atoms with Crippen molar-refractivity contribution in [1.29, 1.82) is 0 Å². The molecule has 0 saturated heterocycles. The maximum atomic E-state index is 2.40. The van der Waals surface area contributed by atoms with Gasteiger partial charge in [-0.1, -0.05) is 154 Å². The Kier molecular flexibility index (Phi) is 7.74. The first-order chi connectivity index (χ1) is 25.4. The summed E-state index contributed by atoms with van der Waals surface area (Å²) in [6.07, 6.45) is 0. The van der Waals surface area contributed by atoms with Crippen molar-refractivity contribution < 1.29 is 0 Å². The Labute approximate surface area is 305 Å². The molecule has 0 aliphatic heterocycles. The van der Waals surface area contributed by atoms with Crippen molar-refractivity contribution in [3.63, 3.8) is 0 Å². The Hall–Kier alpha value is -6.38. The number of para-hydroxylation sites is 2. The Morgan fingerprint density at radius 3 is 1.60 bits per heavy atom. The van der Waals surface area contributed by atoms with Crippen LogP contribution in [-0.4, -0.2) is 4.57 Å². The smallest absolute Gasteiger partial charge is 0.0541 e. The van der Waals surface area contributed by atoms with E-state index < -0.39 is 0 Å². The molecular formula is C50H40N2. The summed E-state index contributed by atoms with van der Waals surface area (Å²) in [6, 6.07) is 68.5. The summed E-state index contributed by atoms with van der Waals surface area (Å²) in [7, 11) is 0. The fourth-order valence-corrected chi connectivity index (χ4v) is 7.76. The largest absolute Gasteiger partial charge is 0.310 e. The third-order valence-electron chi connectivity index (χ3n) is 10.3. The number of aromatic nitrogens is 1. The van der Waals surface area contributed by atoms with E-state index in [2.05, 4.69) is 218 Å². The Morgan fingerprint density at radius 2 is 0.962 bits per heavy atom. The summed E-state index contributed by atoms with van der Waals surface area (Å²) >= 11 is 0. The monoisotopic (exact) mass is 668 g/mol. The summed E-state index contributed by atoms with van der Waals surface area (Å²) < 4.78 is 2.39. The number of benzene rings is 8. The van der Waals surface area contributed by atoms with Gasteiger partial charge in [0, 0.05) is 33.5 Å². The van der Waals surface area contributed by atoms with Crippen LogP contribution in [0.1, 0.15) is 26.3 Å². The van der Waals surface area contributed by atoms with Crippen molar-refractivity contribution in [2.45, 2.75) is 26.2 Å². The van der Waals surface area contributed by atoms with Crippen molar-refractivity contribution in [1.82, 2.24) is 4.57 Å². The van der Waals surface area contributed by atoms with Crippen molar-refractivity contribution in [2.24, 2.45) is 0 Å². The van der Waals surface area contributed by atoms with Crippen LogP contribution in [0.5, 0.6) is 0 Å². The van der Waals surface area contributed by atoms with Crippen LogP contribution in [0.15, 0.2) is 188 Å². The average Bonchev–Trinajstić information content (AvgIpc) is 3.53. The predicted molar refractivity (Wildman–Crippen MR) is 223 cm³/mol. The molecule has 0 aliphatic rings. The molecule has 0 amide bonds. The summed E-state index contributed by atoms with van der Waals surface area (Å²) in [5.41, 5.74) is 13.1. The highest BCUT2D eigenvalue weighted by Gasteiger charge is 2.20. The van der Waals surface area contributed by atoms with E-state index in [-0.39, 0.29) is 5.41 Å². The first-order valence-electron chi connectivity index (χ1n) is 18.1. The molecule has 250 valence electrons. The molecule has 1 aromatic heterocycles. The molecule has 0 radical (unpaired) electrons. The van der Waals surface area contributed by atoms with Gasteiger partial charge in [-0.05, 0) is 98.6 Å². The van der Waals surface area contributed by atoms with Crippen LogP contribution in [0.3, 0.4) is 0 Å². The molecule has 9 rings (SSSR count). The fraction of sp³-hybridized carbons (Fsp3) is 0.0800. The molecule has 0 fully saturated rings. The molecule has 0 bridgehead atoms. The van der Waals surface area contributed by atoms with Crippen molar-refractivity contribution in [2.75, 3.05) is 4.90 Å². The van der Waals surface area contributed by atoms with E-state index in [1.54, 1.807) is 0 Å². The van der Waals surface area contributed by atoms with Crippen molar-refractivity contribution in [3.8, 4) is 27.9 Å². The van der Waals surface area contributed by atoms with Crippen LogP contribution >= 0.6 is 0 Å². The highest BCUT2D eigenvalue weighted by Crippen LogP contribution is 2.41. The van der Waals surface area contributed by atoms with Gasteiger partial charge in [-0.15, -0.1) is 0 Å². The zero-order valence-corrected chi connectivity index (χ0v) is 29.8. The fourth-order valence-electron chi connectivity index (χ4n) is 7.76. The summed E-state index contributed by atoms with van der Waals surface area (Å²) in [6.45, 7) is 6.84. The minimum absolute atomic E-state index is 0.0151. The number of hydrogen-bond acceptors (Lipinski definition) is 1. The van der Waals surface area contributed by atoms with Crippen LogP contribution in [-0.2, 0) is 5.41 Å². The topological polar surface area (TPSA) is 8.17 Å². The standard InChI is InChI=1S/C50H40N2/c1-50(2,3)38-19-13-20-40(33-38)51(41-21-14-22-42(34-41)52-47-27-9-7-23-45(47)46-24-8-10-28-48(46)52)39-31-29-36(30-32-39)44-26-12-18-37-17-11-25-43(49(37)44)35-15-5-4-6-16-35/h4-34H,1-3H3. The summed E-state index contributed by atoms with van der Waals surface area (Å²) in [5, 5.41) is 5.04. The van der Waals surface area contributed by atoms with E-state index in [4.69, 9.17) is 0 Å². The molecular weight excluding hydrogens is 629 g/mol. The lowest BCUT2D eigenvalue weighted by molar-refractivity contribution is 0.590. The van der Waals surface area contributed by atoms with Crippen LogP contribution in [0.4, 0.5) is 17.1 Å². The van der Waals surface area contributed by atoms with Gasteiger partial charge >= 0.3 is 0 Å². The second kappa shape index (κ2) is 12.7. The molecule has 0 unspecified atom stereocenters. The zero-order valence-electron chi connectivity index (χ0n) is 29.8. The van der Waals surface area contributed by atoms with E-state index in [0.717, 1.165) is 22.7 Å². The second-order valence-corrected chi connectivity index (χ2v) is 14.6. The van der Waals surface area contributed by atoms with E-state index in [1.165, 1.54) is 60.4 Å². The van der Waals surface area contributed by atoms with E-state index in [1.807, 2.05) is 0 Å². The molecule has 0 saturated carbocycles. The summed E-state index contributed by atoms with van der Waals surface area (Å²) in [5.74, 6) is 0. The van der Waals surface area contributed by atoms with Gasteiger partial charge in [0.25, 0.3) is 0 Å². The molecule has 9 aromatic rings. The van der Waals surface area contributed by atoms with Gasteiger partial charge in [0.15, 0.2) is 0 Å². The van der Waals surface area contributed by atoms with E-state index >= 15 is 0 Å². The number of rotatable bonds is 6.